The first-order valence-electron chi connectivity index (χ1n) is 6.20. The lowest BCUT2D eigenvalue weighted by Crippen LogP contribution is -2.13. The molecule has 1 atom stereocenters. The van der Waals surface area contributed by atoms with Crippen molar-refractivity contribution in [3.63, 3.8) is 0 Å². The minimum Gasteiger partial charge on any atom is -0.493 e. The van der Waals surface area contributed by atoms with Crippen molar-refractivity contribution in [2.24, 2.45) is 11.8 Å². The van der Waals surface area contributed by atoms with E-state index >= 15 is 0 Å². The standard InChI is InChI=1S/C14H17BrO3/c1-9(14(16)17)6-11-7-12(15)4-5-13(11)18-8-10-2-3-10/h4-5,7,9-10H,2-3,6,8H2,1H3,(H,16,17). The molecule has 0 aromatic heterocycles. The monoisotopic (exact) mass is 312 g/mol. The molecule has 0 saturated heterocycles. The molecule has 1 saturated carbocycles. The zero-order valence-corrected chi connectivity index (χ0v) is 11.9. The van der Waals surface area contributed by atoms with Gasteiger partial charge >= 0.3 is 5.97 Å². The molecule has 1 aliphatic carbocycles. The topological polar surface area (TPSA) is 46.5 Å². The van der Waals surface area contributed by atoms with Gasteiger partial charge in [-0.05, 0) is 48.9 Å². The van der Waals surface area contributed by atoms with Crippen LogP contribution in [0.3, 0.4) is 0 Å². The van der Waals surface area contributed by atoms with Crippen LogP contribution >= 0.6 is 15.9 Å². The van der Waals surface area contributed by atoms with Gasteiger partial charge in [0.15, 0.2) is 0 Å². The van der Waals surface area contributed by atoms with E-state index in [0.717, 1.165) is 22.4 Å². The summed E-state index contributed by atoms with van der Waals surface area (Å²) in [5.74, 6) is 0.335. The average molecular weight is 313 g/mol. The van der Waals surface area contributed by atoms with Gasteiger partial charge in [-0.1, -0.05) is 22.9 Å². The lowest BCUT2D eigenvalue weighted by atomic mass is 10.0. The molecule has 18 heavy (non-hydrogen) atoms. The zero-order valence-electron chi connectivity index (χ0n) is 10.4. The second kappa shape index (κ2) is 5.74. The van der Waals surface area contributed by atoms with E-state index in [4.69, 9.17) is 9.84 Å². The van der Waals surface area contributed by atoms with Gasteiger partial charge in [0.05, 0.1) is 12.5 Å². The number of hydrogen-bond donors (Lipinski definition) is 1. The Kier molecular flexibility index (Phi) is 4.27. The summed E-state index contributed by atoms with van der Waals surface area (Å²) >= 11 is 3.41. The molecule has 4 heteroatoms. The highest BCUT2D eigenvalue weighted by molar-refractivity contribution is 9.10. The molecular formula is C14H17BrO3. The second-order valence-corrected chi connectivity index (χ2v) is 5.87. The minimum absolute atomic E-state index is 0.400. The van der Waals surface area contributed by atoms with Gasteiger partial charge in [0.25, 0.3) is 0 Å². The van der Waals surface area contributed by atoms with Crippen molar-refractivity contribution in [1.29, 1.82) is 0 Å². The smallest absolute Gasteiger partial charge is 0.306 e. The fourth-order valence-electron chi connectivity index (χ4n) is 1.76. The van der Waals surface area contributed by atoms with Crippen LogP contribution in [0, 0.1) is 11.8 Å². The zero-order chi connectivity index (χ0) is 13.1. The number of benzene rings is 1. The van der Waals surface area contributed by atoms with Crippen molar-refractivity contribution in [3.8, 4) is 5.75 Å². The summed E-state index contributed by atoms with van der Waals surface area (Å²) in [6.07, 6.45) is 2.99. The average Bonchev–Trinajstić information content (AvgIpc) is 3.11. The van der Waals surface area contributed by atoms with E-state index in [1.54, 1.807) is 6.92 Å². The highest BCUT2D eigenvalue weighted by Gasteiger charge is 2.23. The molecule has 1 aromatic carbocycles. The van der Waals surface area contributed by atoms with Gasteiger partial charge in [-0.15, -0.1) is 0 Å². The molecular weight excluding hydrogens is 296 g/mol. The van der Waals surface area contributed by atoms with Crippen molar-refractivity contribution >= 4 is 21.9 Å². The molecule has 1 N–H and O–H groups in total. The number of carbonyl (C=O) groups is 1. The molecule has 0 spiro atoms. The van der Waals surface area contributed by atoms with Crippen LogP contribution in [0.25, 0.3) is 0 Å². The summed E-state index contributed by atoms with van der Waals surface area (Å²) in [4.78, 5) is 10.9. The largest absolute Gasteiger partial charge is 0.493 e. The first-order chi connectivity index (χ1) is 8.56. The summed E-state index contributed by atoms with van der Waals surface area (Å²) in [6, 6.07) is 5.79. The third kappa shape index (κ3) is 3.73. The number of hydrogen-bond acceptors (Lipinski definition) is 2. The van der Waals surface area contributed by atoms with Crippen molar-refractivity contribution in [2.45, 2.75) is 26.2 Å². The van der Waals surface area contributed by atoms with Gasteiger partial charge in [0, 0.05) is 4.47 Å². The number of aliphatic carboxylic acids is 1. The third-order valence-electron chi connectivity index (χ3n) is 3.14. The van der Waals surface area contributed by atoms with Crippen LogP contribution < -0.4 is 4.74 Å². The molecule has 1 fully saturated rings. The van der Waals surface area contributed by atoms with E-state index in [-0.39, 0.29) is 0 Å². The Morgan fingerprint density at radius 1 is 1.56 bits per heavy atom. The van der Waals surface area contributed by atoms with Crippen LogP contribution in [0.2, 0.25) is 0 Å². The van der Waals surface area contributed by atoms with Crippen LogP contribution in [0.15, 0.2) is 22.7 Å². The molecule has 0 radical (unpaired) electrons. The van der Waals surface area contributed by atoms with E-state index in [2.05, 4.69) is 15.9 Å². The number of halogens is 1. The minimum atomic E-state index is -0.775. The van der Waals surface area contributed by atoms with Gasteiger partial charge < -0.3 is 9.84 Å². The van der Waals surface area contributed by atoms with E-state index in [1.165, 1.54) is 12.8 Å². The van der Waals surface area contributed by atoms with Crippen molar-refractivity contribution in [2.75, 3.05) is 6.61 Å². The number of carboxylic acid groups (broad SMARTS) is 1. The maximum Gasteiger partial charge on any atom is 0.306 e. The molecule has 1 aliphatic rings. The highest BCUT2D eigenvalue weighted by Crippen LogP contribution is 2.31. The predicted molar refractivity (Wildman–Crippen MR) is 72.9 cm³/mol. The van der Waals surface area contributed by atoms with E-state index < -0.39 is 11.9 Å². The van der Waals surface area contributed by atoms with Crippen molar-refractivity contribution in [1.82, 2.24) is 0 Å². The fourth-order valence-corrected chi connectivity index (χ4v) is 2.17. The molecule has 1 aromatic rings. The molecule has 2 rings (SSSR count). The highest BCUT2D eigenvalue weighted by atomic mass is 79.9. The first-order valence-corrected chi connectivity index (χ1v) is 6.99. The Labute approximate surface area is 115 Å². The first kappa shape index (κ1) is 13.4. The molecule has 98 valence electrons. The summed E-state index contributed by atoms with van der Waals surface area (Å²) < 4.78 is 6.74. The maximum atomic E-state index is 10.9. The van der Waals surface area contributed by atoms with Crippen LogP contribution in [0.1, 0.15) is 25.3 Å². The van der Waals surface area contributed by atoms with Gasteiger partial charge in [0.2, 0.25) is 0 Å². The predicted octanol–water partition coefficient (Wildman–Crippen LogP) is 3.50. The molecule has 0 amide bonds. The summed E-state index contributed by atoms with van der Waals surface area (Å²) in [6.45, 7) is 2.46. The van der Waals surface area contributed by atoms with Gasteiger partial charge in [-0.25, -0.2) is 0 Å². The van der Waals surface area contributed by atoms with Crippen LogP contribution in [0.5, 0.6) is 5.75 Å². The van der Waals surface area contributed by atoms with Crippen LogP contribution in [-0.4, -0.2) is 17.7 Å². The normalized spacial score (nSPS) is 16.3. The number of rotatable bonds is 6. The SMILES string of the molecule is CC(Cc1cc(Br)ccc1OCC1CC1)C(=O)O. The second-order valence-electron chi connectivity index (χ2n) is 4.95. The lowest BCUT2D eigenvalue weighted by molar-refractivity contribution is -0.141. The number of carboxylic acids is 1. The Morgan fingerprint density at radius 3 is 2.89 bits per heavy atom. The van der Waals surface area contributed by atoms with E-state index in [9.17, 15) is 4.79 Å². The number of ether oxygens (including phenoxy) is 1. The summed E-state index contributed by atoms with van der Waals surface area (Å²) in [5, 5.41) is 8.98. The van der Waals surface area contributed by atoms with Gasteiger partial charge in [0.1, 0.15) is 5.75 Å². The van der Waals surface area contributed by atoms with Crippen LogP contribution in [-0.2, 0) is 11.2 Å². The Balaban J connectivity index is 2.08. The Hall–Kier alpha value is -1.03. The lowest BCUT2D eigenvalue weighted by Gasteiger charge is -2.13. The van der Waals surface area contributed by atoms with Crippen molar-refractivity contribution < 1.29 is 14.6 Å². The van der Waals surface area contributed by atoms with Gasteiger partial charge in [-0.3, -0.25) is 4.79 Å². The maximum absolute atomic E-state index is 10.9. The van der Waals surface area contributed by atoms with E-state index in [0.29, 0.717) is 12.3 Å². The quantitative estimate of drug-likeness (QED) is 0.874. The molecule has 0 heterocycles. The molecule has 3 nitrogen and oxygen atoms in total. The third-order valence-corrected chi connectivity index (χ3v) is 3.63. The fraction of sp³-hybridized carbons (Fsp3) is 0.500. The molecule has 0 bridgehead atoms. The summed E-state index contributed by atoms with van der Waals surface area (Å²) in [5.41, 5.74) is 0.958. The Bertz CT molecular complexity index is 441. The summed E-state index contributed by atoms with van der Waals surface area (Å²) in [7, 11) is 0. The Morgan fingerprint density at radius 2 is 2.28 bits per heavy atom. The van der Waals surface area contributed by atoms with Gasteiger partial charge in [-0.2, -0.15) is 0 Å². The van der Waals surface area contributed by atoms with Crippen molar-refractivity contribution in [3.05, 3.63) is 28.2 Å². The molecule has 0 aliphatic heterocycles. The van der Waals surface area contributed by atoms with Crippen LogP contribution in [0.4, 0.5) is 0 Å². The van der Waals surface area contributed by atoms with E-state index in [1.807, 2.05) is 18.2 Å². The molecule has 1 unspecified atom stereocenters.